The van der Waals surface area contributed by atoms with Crippen molar-refractivity contribution in [2.75, 3.05) is 38.4 Å². The van der Waals surface area contributed by atoms with Crippen LogP contribution >= 0.6 is 0 Å². The number of aryl methyl sites for hydroxylation is 1. The summed E-state index contributed by atoms with van der Waals surface area (Å²) in [6, 6.07) is 27.5. The second-order valence-electron chi connectivity index (χ2n) is 6.72. The first-order valence-corrected chi connectivity index (χ1v) is 10.4. The molecular formula is C26H36N2O2. The highest BCUT2D eigenvalue weighted by Gasteiger charge is 1.95. The molecule has 0 unspecified atom stereocenters. The van der Waals surface area contributed by atoms with E-state index in [0.717, 1.165) is 30.3 Å². The van der Waals surface area contributed by atoms with Gasteiger partial charge in [0, 0.05) is 31.6 Å². The Morgan fingerprint density at radius 3 is 1.57 bits per heavy atom. The SMILES string of the molecule is C1CCOCC1.CNc1ccc(OC)cc1.Cc1ccccc1.Nc1ccccc1. The predicted octanol–water partition coefficient (Wildman–Crippen LogP) is 6.19. The highest BCUT2D eigenvalue weighted by molar-refractivity contribution is 5.45. The van der Waals surface area contributed by atoms with Crippen molar-refractivity contribution in [1.29, 1.82) is 0 Å². The van der Waals surface area contributed by atoms with Crippen molar-refractivity contribution >= 4 is 11.4 Å². The van der Waals surface area contributed by atoms with E-state index in [-0.39, 0.29) is 0 Å². The molecule has 1 aliphatic heterocycles. The van der Waals surface area contributed by atoms with Gasteiger partial charge in [0.05, 0.1) is 7.11 Å². The Balaban J connectivity index is 0.000000204. The Morgan fingerprint density at radius 2 is 1.30 bits per heavy atom. The van der Waals surface area contributed by atoms with Crippen molar-refractivity contribution < 1.29 is 9.47 Å². The molecule has 0 radical (unpaired) electrons. The summed E-state index contributed by atoms with van der Waals surface area (Å²) in [5.74, 6) is 0.888. The molecule has 30 heavy (non-hydrogen) atoms. The quantitative estimate of drug-likeness (QED) is 0.497. The second-order valence-corrected chi connectivity index (χ2v) is 6.72. The summed E-state index contributed by atoms with van der Waals surface area (Å²) in [6.07, 6.45) is 3.93. The van der Waals surface area contributed by atoms with Crippen LogP contribution in [0.25, 0.3) is 0 Å². The number of rotatable bonds is 2. The van der Waals surface area contributed by atoms with Crippen LogP contribution in [-0.2, 0) is 4.74 Å². The van der Waals surface area contributed by atoms with Crippen LogP contribution in [0, 0.1) is 6.92 Å². The molecule has 0 spiro atoms. The van der Waals surface area contributed by atoms with Gasteiger partial charge in [0.15, 0.2) is 0 Å². The Morgan fingerprint density at radius 1 is 0.767 bits per heavy atom. The van der Waals surface area contributed by atoms with Crippen molar-refractivity contribution in [3.05, 3.63) is 90.5 Å². The zero-order valence-corrected chi connectivity index (χ0v) is 18.5. The minimum atomic E-state index is 0.822. The van der Waals surface area contributed by atoms with E-state index in [1.165, 1.54) is 24.8 Å². The van der Waals surface area contributed by atoms with Gasteiger partial charge in [0.2, 0.25) is 0 Å². The van der Waals surface area contributed by atoms with Gasteiger partial charge in [-0.1, -0.05) is 54.1 Å². The van der Waals surface area contributed by atoms with Crippen LogP contribution in [0.5, 0.6) is 5.75 Å². The number of para-hydroxylation sites is 1. The molecule has 1 fully saturated rings. The van der Waals surface area contributed by atoms with E-state index in [0.29, 0.717) is 0 Å². The van der Waals surface area contributed by atoms with Crippen LogP contribution in [0.2, 0.25) is 0 Å². The van der Waals surface area contributed by atoms with Gasteiger partial charge in [-0.25, -0.2) is 0 Å². The van der Waals surface area contributed by atoms with Crippen LogP contribution in [0.1, 0.15) is 24.8 Å². The summed E-state index contributed by atoms with van der Waals surface area (Å²) in [7, 11) is 3.55. The van der Waals surface area contributed by atoms with E-state index < -0.39 is 0 Å². The molecular weight excluding hydrogens is 372 g/mol. The third-order valence-electron chi connectivity index (χ3n) is 4.20. The molecule has 0 saturated carbocycles. The number of ether oxygens (including phenoxy) is 2. The number of hydrogen-bond acceptors (Lipinski definition) is 4. The molecule has 1 saturated heterocycles. The number of hydrogen-bond donors (Lipinski definition) is 2. The normalized spacial score (nSPS) is 11.8. The molecule has 3 aromatic carbocycles. The molecule has 0 bridgehead atoms. The molecule has 162 valence electrons. The highest BCUT2D eigenvalue weighted by Crippen LogP contribution is 2.13. The lowest BCUT2D eigenvalue weighted by Crippen LogP contribution is -2.03. The van der Waals surface area contributed by atoms with Gasteiger partial charge in [-0.2, -0.15) is 0 Å². The highest BCUT2D eigenvalue weighted by atomic mass is 16.5. The first-order valence-electron chi connectivity index (χ1n) is 10.4. The largest absolute Gasteiger partial charge is 0.497 e. The van der Waals surface area contributed by atoms with Gasteiger partial charge in [-0.3, -0.25) is 0 Å². The maximum Gasteiger partial charge on any atom is 0.119 e. The summed E-state index contributed by atoms with van der Waals surface area (Å²) in [5.41, 5.74) is 8.60. The van der Waals surface area contributed by atoms with E-state index >= 15 is 0 Å². The first kappa shape index (κ1) is 25.1. The molecule has 4 heteroatoms. The van der Waals surface area contributed by atoms with E-state index in [2.05, 4.69) is 24.4 Å². The molecule has 4 nitrogen and oxygen atoms in total. The topological polar surface area (TPSA) is 56.5 Å². The first-order chi connectivity index (χ1) is 14.7. The molecule has 0 atom stereocenters. The predicted molar refractivity (Wildman–Crippen MR) is 129 cm³/mol. The summed E-state index contributed by atoms with van der Waals surface area (Å²) in [6.45, 7) is 4.08. The minimum absolute atomic E-state index is 0.822. The van der Waals surface area contributed by atoms with Crippen LogP contribution in [0.15, 0.2) is 84.9 Å². The third-order valence-corrected chi connectivity index (χ3v) is 4.20. The fourth-order valence-corrected chi connectivity index (χ4v) is 2.43. The number of anilines is 2. The molecule has 0 amide bonds. The van der Waals surface area contributed by atoms with Crippen molar-refractivity contribution in [1.82, 2.24) is 0 Å². The molecule has 3 aromatic rings. The summed E-state index contributed by atoms with van der Waals surface area (Å²) >= 11 is 0. The lowest BCUT2D eigenvalue weighted by molar-refractivity contribution is 0.0968. The van der Waals surface area contributed by atoms with Crippen molar-refractivity contribution in [3.63, 3.8) is 0 Å². The monoisotopic (exact) mass is 408 g/mol. The van der Waals surface area contributed by atoms with Crippen LogP contribution < -0.4 is 15.8 Å². The maximum absolute atomic E-state index is 5.36. The summed E-state index contributed by atoms with van der Waals surface area (Å²) < 4.78 is 10.1. The standard InChI is InChI=1S/C8H11NO.C7H8.C6H7N.C5H10O/c1-9-7-3-5-8(10-2)6-4-7;1-7-5-3-2-4-6-7;7-6-4-2-1-3-5-6;1-2-4-6-5-3-1/h3-6,9H,1-2H3;2-6H,1H3;1-5H,7H2;1-5H2. The number of benzene rings is 3. The molecule has 4 rings (SSSR count). The van der Waals surface area contributed by atoms with Crippen molar-refractivity contribution in [3.8, 4) is 5.75 Å². The fraction of sp³-hybridized carbons (Fsp3) is 0.308. The average molecular weight is 409 g/mol. The zero-order valence-electron chi connectivity index (χ0n) is 18.5. The number of methoxy groups -OCH3 is 1. The van der Waals surface area contributed by atoms with Crippen molar-refractivity contribution in [2.24, 2.45) is 0 Å². The van der Waals surface area contributed by atoms with E-state index in [1.54, 1.807) is 7.11 Å². The molecule has 1 aliphatic rings. The number of nitrogens with one attached hydrogen (secondary N) is 1. The smallest absolute Gasteiger partial charge is 0.119 e. The Kier molecular flexibility index (Phi) is 14.1. The third kappa shape index (κ3) is 13.2. The van der Waals surface area contributed by atoms with E-state index in [1.807, 2.05) is 79.8 Å². The van der Waals surface area contributed by atoms with Gasteiger partial charge in [-0.15, -0.1) is 0 Å². The van der Waals surface area contributed by atoms with Crippen molar-refractivity contribution in [2.45, 2.75) is 26.2 Å². The van der Waals surface area contributed by atoms with Gasteiger partial charge in [0.1, 0.15) is 5.75 Å². The van der Waals surface area contributed by atoms with Gasteiger partial charge >= 0.3 is 0 Å². The molecule has 0 aliphatic carbocycles. The number of nitrogen functional groups attached to an aromatic ring is 1. The fourth-order valence-electron chi connectivity index (χ4n) is 2.43. The van der Waals surface area contributed by atoms with Crippen LogP contribution in [-0.4, -0.2) is 27.4 Å². The van der Waals surface area contributed by atoms with E-state index in [4.69, 9.17) is 15.2 Å². The van der Waals surface area contributed by atoms with E-state index in [9.17, 15) is 0 Å². The Labute approximate surface area is 182 Å². The van der Waals surface area contributed by atoms with Gasteiger partial charge < -0.3 is 20.5 Å². The lowest BCUT2D eigenvalue weighted by atomic mass is 10.2. The molecule has 3 N–H and O–H groups in total. The summed E-state index contributed by atoms with van der Waals surface area (Å²) in [5, 5.41) is 3.02. The number of nitrogens with two attached hydrogens (primary N) is 1. The van der Waals surface area contributed by atoms with Crippen LogP contribution in [0.4, 0.5) is 11.4 Å². The Hall–Kier alpha value is -2.98. The van der Waals surface area contributed by atoms with Gasteiger partial charge in [0.25, 0.3) is 0 Å². The Bertz CT molecular complexity index is 671. The van der Waals surface area contributed by atoms with Crippen LogP contribution in [0.3, 0.4) is 0 Å². The minimum Gasteiger partial charge on any atom is -0.497 e. The lowest BCUT2D eigenvalue weighted by Gasteiger charge is -2.08. The maximum atomic E-state index is 5.36. The molecule has 0 aromatic heterocycles. The second kappa shape index (κ2) is 16.9. The summed E-state index contributed by atoms with van der Waals surface area (Å²) in [4.78, 5) is 0. The molecule has 1 heterocycles. The zero-order chi connectivity index (χ0) is 21.9. The van der Waals surface area contributed by atoms with Gasteiger partial charge in [-0.05, 0) is 62.6 Å². The average Bonchev–Trinajstić information content (AvgIpc) is 2.82.